The summed E-state index contributed by atoms with van der Waals surface area (Å²) < 4.78 is 0. The second kappa shape index (κ2) is 15.6. The fraction of sp³-hybridized carbons (Fsp3) is 0.864. The third kappa shape index (κ3) is 15.3. The molecule has 0 aromatic heterocycles. The molecule has 0 amide bonds. The highest BCUT2D eigenvalue weighted by atomic mass is 16.3. The van der Waals surface area contributed by atoms with Crippen LogP contribution in [-0.4, -0.2) is 16.6 Å². The molecular weight excluding hydrogens is 310 g/mol. The second-order valence-corrected chi connectivity index (χ2v) is 7.75. The van der Waals surface area contributed by atoms with E-state index in [1.54, 1.807) is 6.92 Å². The van der Waals surface area contributed by atoms with Crippen LogP contribution < -0.4 is 5.73 Å². The number of hydrogen-bond donors (Lipinski definition) is 2. The molecule has 0 aliphatic heterocycles. The van der Waals surface area contributed by atoms with Gasteiger partial charge in [-0.2, -0.15) is 0 Å². The normalized spacial score (nSPS) is 15.4. The van der Waals surface area contributed by atoms with Gasteiger partial charge in [-0.15, -0.1) is 0 Å². The Labute approximate surface area is 156 Å². The molecule has 0 saturated carbocycles. The van der Waals surface area contributed by atoms with Crippen molar-refractivity contribution in [2.45, 2.75) is 116 Å². The van der Waals surface area contributed by atoms with E-state index in [0.29, 0.717) is 6.42 Å². The second-order valence-electron chi connectivity index (χ2n) is 7.75. The molecule has 0 spiro atoms. The van der Waals surface area contributed by atoms with Gasteiger partial charge in [0.2, 0.25) is 0 Å². The van der Waals surface area contributed by atoms with Gasteiger partial charge in [0.05, 0.1) is 5.92 Å². The molecule has 0 saturated heterocycles. The Morgan fingerprint density at radius 1 is 0.920 bits per heavy atom. The number of hydrogen-bond acceptors (Lipinski definition) is 3. The highest BCUT2D eigenvalue weighted by molar-refractivity contribution is 5.81. The molecule has 3 heteroatoms. The van der Waals surface area contributed by atoms with Crippen LogP contribution >= 0.6 is 0 Å². The van der Waals surface area contributed by atoms with E-state index in [-0.39, 0.29) is 5.78 Å². The molecule has 148 valence electrons. The van der Waals surface area contributed by atoms with Crippen molar-refractivity contribution in [3.8, 4) is 0 Å². The molecule has 0 aliphatic carbocycles. The molecule has 0 aromatic carbocycles. The average molecular weight is 354 g/mol. The van der Waals surface area contributed by atoms with Gasteiger partial charge in [-0.3, -0.25) is 4.79 Å². The van der Waals surface area contributed by atoms with Crippen molar-refractivity contribution < 1.29 is 9.90 Å². The van der Waals surface area contributed by atoms with Crippen molar-refractivity contribution >= 4 is 5.78 Å². The maximum Gasteiger partial charge on any atom is 0.139 e. The number of allylic oxidation sites excluding steroid dienone is 2. The zero-order valence-corrected chi connectivity index (χ0v) is 17.1. The molecule has 3 nitrogen and oxygen atoms in total. The van der Waals surface area contributed by atoms with Gasteiger partial charge in [-0.05, 0) is 39.0 Å². The molecule has 0 bridgehead atoms. The molecule has 0 rings (SSSR count). The maximum atomic E-state index is 11.9. The third-order valence-corrected chi connectivity index (χ3v) is 5.04. The molecule has 2 unspecified atom stereocenters. The Hall–Kier alpha value is -0.670. The van der Waals surface area contributed by atoms with E-state index >= 15 is 0 Å². The van der Waals surface area contributed by atoms with Gasteiger partial charge in [-0.25, -0.2) is 0 Å². The lowest BCUT2D eigenvalue weighted by molar-refractivity contribution is -0.130. The zero-order valence-electron chi connectivity index (χ0n) is 17.1. The maximum absolute atomic E-state index is 11.9. The molecule has 25 heavy (non-hydrogen) atoms. The molecule has 0 heterocycles. The molecule has 0 fully saturated rings. The van der Waals surface area contributed by atoms with Crippen LogP contribution in [-0.2, 0) is 4.79 Å². The Morgan fingerprint density at radius 2 is 1.36 bits per heavy atom. The first-order chi connectivity index (χ1) is 11.9. The van der Waals surface area contributed by atoms with Crippen LogP contribution in [0.5, 0.6) is 0 Å². The van der Waals surface area contributed by atoms with E-state index in [4.69, 9.17) is 5.73 Å². The van der Waals surface area contributed by atoms with Crippen LogP contribution in [0.1, 0.15) is 111 Å². The number of Topliss-reactive ketones (excluding diaryl/α,β-unsaturated/α-hetero) is 1. The first-order valence-electron chi connectivity index (χ1n) is 10.6. The minimum absolute atomic E-state index is 0.0742. The van der Waals surface area contributed by atoms with Crippen molar-refractivity contribution in [3.63, 3.8) is 0 Å². The topological polar surface area (TPSA) is 63.3 Å². The summed E-state index contributed by atoms with van der Waals surface area (Å²) in [4.78, 5) is 11.9. The monoisotopic (exact) mass is 353 g/mol. The standard InChI is InChI=1S/C22H43NO2/c1-4-5-6-7-8-9-10-11-12-13-14-15-16-17-18-19-21(24)20(2)22(3,23)25/h11-12,20,25H,4-10,13-19,23H2,1-3H3. The SMILES string of the molecule is CCCCCCCCC=CCCCCCCCC(=O)C(C)C(C)(N)O. The summed E-state index contributed by atoms with van der Waals surface area (Å²) in [6, 6.07) is 0. The number of nitrogens with two attached hydrogens (primary N) is 1. The number of carbonyl (C=O) groups is 1. The quantitative estimate of drug-likeness (QED) is 0.194. The fourth-order valence-corrected chi connectivity index (χ4v) is 2.91. The number of rotatable bonds is 17. The largest absolute Gasteiger partial charge is 0.376 e. The summed E-state index contributed by atoms with van der Waals surface area (Å²) in [6.07, 6.45) is 21.5. The first-order valence-corrected chi connectivity index (χ1v) is 10.6. The van der Waals surface area contributed by atoms with Crippen LogP contribution in [0.3, 0.4) is 0 Å². The van der Waals surface area contributed by atoms with Crippen molar-refractivity contribution in [1.82, 2.24) is 0 Å². The lowest BCUT2D eigenvalue weighted by Crippen LogP contribution is -2.46. The fourth-order valence-electron chi connectivity index (χ4n) is 2.91. The average Bonchev–Trinajstić information content (AvgIpc) is 2.56. The van der Waals surface area contributed by atoms with Crippen molar-refractivity contribution in [2.24, 2.45) is 11.7 Å². The Bertz CT molecular complexity index is 344. The van der Waals surface area contributed by atoms with E-state index in [2.05, 4.69) is 19.1 Å². The van der Waals surface area contributed by atoms with Crippen molar-refractivity contribution in [3.05, 3.63) is 12.2 Å². The summed E-state index contributed by atoms with van der Waals surface area (Å²) in [6.45, 7) is 5.46. The molecule has 2 atom stereocenters. The summed E-state index contributed by atoms with van der Waals surface area (Å²) in [5, 5.41) is 9.63. The van der Waals surface area contributed by atoms with E-state index in [1.807, 2.05) is 0 Å². The van der Waals surface area contributed by atoms with Crippen LogP contribution in [0.25, 0.3) is 0 Å². The number of ketones is 1. The molecule has 0 aromatic rings. The van der Waals surface area contributed by atoms with Gasteiger partial charge in [0.15, 0.2) is 0 Å². The molecular formula is C22H43NO2. The minimum Gasteiger partial charge on any atom is -0.376 e. The van der Waals surface area contributed by atoms with Gasteiger partial charge < -0.3 is 10.8 Å². The zero-order chi connectivity index (χ0) is 19.0. The number of unbranched alkanes of at least 4 members (excludes halogenated alkanes) is 11. The van der Waals surface area contributed by atoms with E-state index in [9.17, 15) is 9.90 Å². The van der Waals surface area contributed by atoms with Gasteiger partial charge in [0, 0.05) is 6.42 Å². The third-order valence-electron chi connectivity index (χ3n) is 5.04. The molecule has 0 radical (unpaired) electrons. The van der Waals surface area contributed by atoms with E-state index in [0.717, 1.165) is 12.8 Å². The Balaban J connectivity index is 3.36. The molecule has 0 aliphatic rings. The highest BCUT2D eigenvalue weighted by Crippen LogP contribution is 2.16. The lowest BCUT2D eigenvalue weighted by atomic mass is 9.92. The number of carbonyl (C=O) groups excluding carboxylic acids is 1. The van der Waals surface area contributed by atoms with Crippen molar-refractivity contribution in [2.75, 3.05) is 0 Å². The van der Waals surface area contributed by atoms with Gasteiger partial charge in [0.25, 0.3) is 0 Å². The van der Waals surface area contributed by atoms with Gasteiger partial charge in [-0.1, -0.05) is 77.4 Å². The van der Waals surface area contributed by atoms with Crippen LogP contribution in [0.2, 0.25) is 0 Å². The van der Waals surface area contributed by atoms with Crippen LogP contribution in [0.15, 0.2) is 12.2 Å². The first kappa shape index (κ1) is 24.3. The Kier molecular flexibility index (Phi) is 15.2. The molecule has 3 N–H and O–H groups in total. The summed E-state index contributed by atoms with van der Waals surface area (Å²) in [5.41, 5.74) is 4.17. The van der Waals surface area contributed by atoms with Gasteiger partial charge in [0.1, 0.15) is 11.5 Å². The predicted octanol–water partition coefficient (Wildman–Crippen LogP) is 5.90. The van der Waals surface area contributed by atoms with Crippen LogP contribution in [0, 0.1) is 5.92 Å². The van der Waals surface area contributed by atoms with Crippen molar-refractivity contribution in [1.29, 1.82) is 0 Å². The van der Waals surface area contributed by atoms with Crippen LogP contribution in [0.4, 0.5) is 0 Å². The smallest absolute Gasteiger partial charge is 0.139 e. The summed E-state index contributed by atoms with van der Waals surface area (Å²) >= 11 is 0. The van der Waals surface area contributed by atoms with E-state index < -0.39 is 11.6 Å². The van der Waals surface area contributed by atoms with E-state index in [1.165, 1.54) is 77.6 Å². The lowest BCUT2D eigenvalue weighted by Gasteiger charge is -2.24. The highest BCUT2D eigenvalue weighted by Gasteiger charge is 2.28. The summed E-state index contributed by atoms with van der Waals surface area (Å²) in [7, 11) is 0. The predicted molar refractivity (Wildman–Crippen MR) is 108 cm³/mol. The van der Waals surface area contributed by atoms with Gasteiger partial charge >= 0.3 is 0 Å². The minimum atomic E-state index is -1.39. The Morgan fingerprint density at radius 3 is 1.84 bits per heavy atom. The number of aliphatic hydroxyl groups is 1. The summed E-state index contributed by atoms with van der Waals surface area (Å²) in [5.74, 6) is -0.408.